The number of nitrogens with zero attached hydrogens (tertiary/aromatic N) is 3. The zero-order valence-corrected chi connectivity index (χ0v) is 10.1. The Morgan fingerprint density at radius 1 is 1.32 bits per heavy atom. The molecule has 4 atom stereocenters. The van der Waals surface area contributed by atoms with E-state index in [1.165, 1.54) is 0 Å². The van der Waals surface area contributed by atoms with E-state index in [-0.39, 0.29) is 0 Å². The molecule has 0 aliphatic carbocycles. The number of carbonyl (C=O) groups is 1. The Hall–Kier alpha value is -1.07. The monoisotopic (exact) mass is 301 g/mol. The largest absolute Gasteiger partial charge is 0.472 e. The van der Waals surface area contributed by atoms with Gasteiger partial charge in [0.2, 0.25) is 12.1 Å². The van der Waals surface area contributed by atoms with Crippen molar-refractivity contribution in [2.24, 2.45) is 5.11 Å². The summed E-state index contributed by atoms with van der Waals surface area (Å²) in [5, 5.41) is 39.5. The molecule has 13 heteroatoms. The zero-order chi connectivity index (χ0) is 15.2. The van der Waals surface area contributed by atoms with Gasteiger partial charge in [0.15, 0.2) is 0 Å². The second kappa shape index (κ2) is 7.50. The molecule has 12 nitrogen and oxygen atoms in total. The number of phosphoric acid groups is 1. The van der Waals surface area contributed by atoms with Crippen molar-refractivity contribution < 1.29 is 44.1 Å². The Morgan fingerprint density at radius 3 is 2.26 bits per heavy atom. The van der Waals surface area contributed by atoms with Crippen LogP contribution in [0.25, 0.3) is 10.4 Å². The summed E-state index contributed by atoms with van der Waals surface area (Å²) in [6, 6.07) is 0. The summed E-state index contributed by atoms with van der Waals surface area (Å²) in [7, 11) is -5.18. The zero-order valence-electron chi connectivity index (χ0n) is 9.21. The second-order valence-electron chi connectivity index (χ2n) is 3.27. The van der Waals surface area contributed by atoms with Gasteiger partial charge in [-0.1, -0.05) is 5.11 Å². The average Bonchev–Trinajstić information content (AvgIpc) is 2.30. The van der Waals surface area contributed by atoms with E-state index in [0.717, 1.165) is 0 Å². The van der Waals surface area contributed by atoms with E-state index < -0.39 is 44.8 Å². The van der Waals surface area contributed by atoms with Gasteiger partial charge < -0.3 is 30.2 Å². The Bertz CT molecular complexity index is 405. The van der Waals surface area contributed by atoms with Gasteiger partial charge in [-0.2, -0.15) is 0 Å². The minimum Gasteiger partial charge on any atom is -0.390 e. The summed E-state index contributed by atoms with van der Waals surface area (Å²) in [5.74, 6) is -1.68. The van der Waals surface area contributed by atoms with Crippen LogP contribution in [0.5, 0.6) is 0 Å². The van der Waals surface area contributed by atoms with Gasteiger partial charge in [0.25, 0.3) is 0 Å². The first-order chi connectivity index (χ1) is 8.60. The van der Waals surface area contributed by atoms with Gasteiger partial charge in [-0.15, -0.1) is 0 Å². The molecule has 110 valence electrons. The molecular formula is C6H12N3O9P. The maximum absolute atomic E-state index is 11.2. The molecular weight excluding hydrogens is 289 g/mol. The van der Waals surface area contributed by atoms with E-state index >= 15 is 0 Å². The Labute approximate surface area is 105 Å². The molecule has 0 aliphatic rings. The normalized spacial score (nSPS) is 18.0. The highest BCUT2D eigenvalue weighted by Gasteiger charge is 2.36. The molecule has 0 aromatic heterocycles. The van der Waals surface area contributed by atoms with E-state index in [4.69, 9.17) is 20.4 Å². The van der Waals surface area contributed by atoms with Gasteiger partial charge in [0.05, 0.1) is 12.6 Å². The second-order valence-corrected chi connectivity index (χ2v) is 4.46. The third-order valence-corrected chi connectivity index (χ3v) is 2.30. The van der Waals surface area contributed by atoms with Crippen molar-refractivity contribution in [3.63, 3.8) is 0 Å². The van der Waals surface area contributed by atoms with Crippen molar-refractivity contribution in [1.29, 1.82) is 0 Å². The van der Waals surface area contributed by atoms with E-state index in [2.05, 4.69) is 14.5 Å². The van der Waals surface area contributed by atoms with Crippen molar-refractivity contribution in [3.8, 4) is 0 Å². The van der Waals surface area contributed by atoms with Gasteiger partial charge in [0, 0.05) is 4.91 Å². The van der Waals surface area contributed by atoms with Gasteiger partial charge >= 0.3 is 7.82 Å². The molecule has 0 radical (unpaired) electrons. The predicted molar refractivity (Wildman–Crippen MR) is 56.2 cm³/mol. The van der Waals surface area contributed by atoms with Gasteiger partial charge in [-0.3, -0.25) is 4.79 Å². The van der Waals surface area contributed by atoms with Gasteiger partial charge in [0.1, 0.15) is 12.2 Å². The van der Waals surface area contributed by atoms with Crippen LogP contribution < -0.4 is 0 Å². The Morgan fingerprint density at radius 2 is 1.84 bits per heavy atom. The fourth-order valence-corrected chi connectivity index (χ4v) is 1.30. The minimum atomic E-state index is -5.18. The van der Waals surface area contributed by atoms with Crippen LogP contribution in [-0.2, 0) is 13.9 Å². The van der Waals surface area contributed by atoms with Crippen LogP contribution in [0.2, 0.25) is 0 Å². The SMILES string of the molecule is [N-]=[N+]=NC[C@@H](O)[C@@H](O)[C@H](O)C(=O)C(O)OP(=O)(O)O. The lowest BCUT2D eigenvalue weighted by Crippen LogP contribution is -2.47. The number of ketones is 1. The topological polar surface area (TPSA) is 214 Å². The lowest BCUT2D eigenvalue weighted by molar-refractivity contribution is -0.161. The number of phosphoric ester groups is 1. The molecule has 0 saturated carbocycles. The number of carbonyl (C=O) groups excluding carboxylic acids is 1. The highest BCUT2D eigenvalue weighted by Crippen LogP contribution is 2.37. The van der Waals surface area contributed by atoms with Crippen LogP contribution >= 0.6 is 7.82 Å². The maximum atomic E-state index is 11.2. The first-order valence-corrected chi connectivity index (χ1v) is 6.14. The smallest absolute Gasteiger partial charge is 0.390 e. The average molecular weight is 301 g/mol. The van der Waals surface area contributed by atoms with E-state index in [1.807, 2.05) is 0 Å². The first kappa shape index (κ1) is 17.9. The number of hydrogen-bond donors (Lipinski definition) is 6. The molecule has 0 saturated heterocycles. The van der Waals surface area contributed by atoms with Crippen molar-refractivity contribution in [2.45, 2.75) is 24.6 Å². The molecule has 0 aliphatic heterocycles. The number of azide groups is 1. The fraction of sp³-hybridized carbons (Fsp3) is 0.833. The molecule has 0 aromatic rings. The Balaban J connectivity index is 4.62. The number of aliphatic hydroxyl groups is 4. The molecule has 0 bridgehead atoms. The van der Waals surface area contributed by atoms with Crippen molar-refractivity contribution in [3.05, 3.63) is 10.4 Å². The lowest BCUT2D eigenvalue weighted by atomic mass is 10.0. The highest BCUT2D eigenvalue weighted by atomic mass is 31.2. The highest BCUT2D eigenvalue weighted by molar-refractivity contribution is 7.46. The van der Waals surface area contributed by atoms with E-state index in [9.17, 15) is 24.7 Å². The molecule has 0 spiro atoms. The summed E-state index contributed by atoms with van der Waals surface area (Å²) >= 11 is 0. The fourth-order valence-electron chi connectivity index (χ4n) is 0.935. The molecule has 1 unspecified atom stereocenters. The van der Waals surface area contributed by atoms with Crippen LogP contribution in [-0.4, -0.2) is 67.1 Å². The van der Waals surface area contributed by atoms with Gasteiger partial charge in [-0.05, 0) is 5.53 Å². The molecule has 0 heterocycles. The maximum Gasteiger partial charge on any atom is 0.472 e. The summed E-state index contributed by atoms with van der Waals surface area (Å²) < 4.78 is 13.9. The third-order valence-electron chi connectivity index (χ3n) is 1.82. The standard InChI is InChI=1S/C6H12N3O9P/c7-9-8-1-2(10)3(11)4(12)5(13)6(14)18-19(15,16)17/h2-4,6,10-12,14H,1H2,(H2,15,16,17)/t2-,3-,4+,6?/m1/s1. The van der Waals surface area contributed by atoms with E-state index in [0.29, 0.717) is 0 Å². The van der Waals surface area contributed by atoms with Crippen molar-refractivity contribution in [1.82, 2.24) is 0 Å². The minimum absolute atomic E-state index is 0.669. The molecule has 0 fully saturated rings. The van der Waals surface area contributed by atoms with Gasteiger partial charge in [-0.25, -0.2) is 9.09 Å². The molecule has 0 aromatic carbocycles. The predicted octanol–water partition coefficient (Wildman–Crippen LogP) is -2.62. The van der Waals surface area contributed by atoms with Crippen molar-refractivity contribution in [2.75, 3.05) is 6.54 Å². The van der Waals surface area contributed by atoms with Crippen LogP contribution in [0.15, 0.2) is 5.11 Å². The van der Waals surface area contributed by atoms with E-state index in [1.54, 1.807) is 0 Å². The molecule has 19 heavy (non-hydrogen) atoms. The number of hydrogen-bond acceptors (Lipinski definition) is 8. The van der Waals surface area contributed by atoms with Crippen LogP contribution in [0, 0.1) is 0 Å². The summed E-state index contributed by atoms with van der Waals surface area (Å²) in [4.78, 5) is 30.1. The third kappa shape index (κ3) is 6.59. The molecule has 0 rings (SSSR count). The summed E-state index contributed by atoms with van der Waals surface area (Å²) in [5.41, 5.74) is 7.95. The number of aliphatic hydroxyl groups excluding tert-OH is 4. The Kier molecular flexibility index (Phi) is 7.08. The van der Waals surface area contributed by atoms with Crippen LogP contribution in [0.3, 0.4) is 0 Å². The van der Waals surface area contributed by atoms with Crippen LogP contribution in [0.4, 0.5) is 0 Å². The summed E-state index contributed by atoms with van der Waals surface area (Å²) in [6.07, 6.45) is -9.06. The number of rotatable bonds is 8. The molecule has 6 N–H and O–H groups in total. The van der Waals surface area contributed by atoms with Crippen molar-refractivity contribution >= 4 is 13.6 Å². The first-order valence-electron chi connectivity index (χ1n) is 4.61. The summed E-state index contributed by atoms with van der Waals surface area (Å²) in [6.45, 7) is -0.669. The van der Waals surface area contributed by atoms with Crippen LogP contribution in [0.1, 0.15) is 0 Å². The number of Topliss-reactive ketones (excluding diaryl/α,β-unsaturated/α-hetero) is 1. The molecule has 0 amide bonds. The quantitative estimate of drug-likeness (QED) is 0.0907. The lowest BCUT2D eigenvalue weighted by Gasteiger charge is -2.22.